The lowest BCUT2D eigenvalue weighted by Gasteiger charge is -2.14. The molecule has 0 radical (unpaired) electrons. The van der Waals surface area contributed by atoms with Crippen LogP contribution in [-0.2, 0) is 9.53 Å². The number of hydrogen-bond donors (Lipinski definition) is 0. The smallest absolute Gasteiger partial charge is 0.343 e. The molecule has 96 valence electrons. The Hall–Kier alpha value is -2.16. The topological polar surface area (TPSA) is 43.4 Å². The van der Waals surface area contributed by atoms with Crippen molar-refractivity contribution in [3.63, 3.8) is 0 Å². The van der Waals surface area contributed by atoms with Gasteiger partial charge in [-0.1, -0.05) is 30.4 Å². The van der Waals surface area contributed by atoms with E-state index < -0.39 is 5.97 Å². The molecule has 0 saturated heterocycles. The van der Waals surface area contributed by atoms with Crippen LogP contribution in [0.3, 0.4) is 0 Å². The second kappa shape index (κ2) is 4.84. The van der Waals surface area contributed by atoms with Gasteiger partial charge in [0, 0.05) is 5.92 Å². The minimum Gasteiger partial charge on any atom is -0.419 e. The molecule has 0 fully saturated rings. The van der Waals surface area contributed by atoms with Crippen LogP contribution in [0.5, 0.6) is 0 Å². The van der Waals surface area contributed by atoms with Crippen molar-refractivity contribution in [2.75, 3.05) is 0 Å². The average molecular weight is 254 g/mol. The molecule has 0 aromatic heterocycles. The first-order valence-corrected chi connectivity index (χ1v) is 6.45. The molecule has 3 nitrogen and oxygen atoms in total. The first kappa shape index (κ1) is 11.9. The maximum absolute atomic E-state index is 12.2. The fraction of sp³-hybridized carbons (Fsp3) is 0.250. The summed E-state index contributed by atoms with van der Waals surface area (Å²) in [6, 6.07) is 8.72. The van der Waals surface area contributed by atoms with E-state index in [0.29, 0.717) is 5.56 Å². The Bertz CT molecular complexity index is 569. The fourth-order valence-electron chi connectivity index (χ4n) is 2.48. The lowest BCUT2D eigenvalue weighted by molar-refractivity contribution is -0.120. The molecule has 0 amide bonds. The van der Waals surface area contributed by atoms with Gasteiger partial charge in [-0.2, -0.15) is 0 Å². The van der Waals surface area contributed by atoms with E-state index in [1.807, 2.05) is 18.2 Å². The van der Waals surface area contributed by atoms with Crippen molar-refractivity contribution < 1.29 is 14.3 Å². The second-order valence-corrected chi connectivity index (χ2v) is 4.88. The zero-order valence-electron chi connectivity index (χ0n) is 10.4. The summed E-state index contributed by atoms with van der Waals surface area (Å²) in [5.41, 5.74) is 0.459. The summed E-state index contributed by atoms with van der Waals surface area (Å²) in [5.74, 6) is -0.275. The molecule has 2 bridgehead atoms. The van der Waals surface area contributed by atoms with E-state index in [0.717, 1.165) is 12.8 Å². The highest BCUT2D eigenvalue weighted by Gasteiger charge is 2.30. The van der Waals surface area contributed by atoms with Gasteiger partial charge in [0.1, 0.15) is 0 Å². The number of fused-ring (bicyclic) bond motifs is 2. The molecular weight excluding hydrogens is 240 g/mol. The average Bonchev–Trinajstić information content (AvgIpc) is 2.69. The molecule has 3 heteroatoms. The molecule has 1 aromatic rings. The van der Waals surface area contributed by atoms with E-state index >= 15 is 0 Å². The van der Waals surface area contributed by atoms with E-state index in [1.165, 1.54) is 0 Å². The van der Waals surface area contributed by atoms with Gasteiger partial charge < -0.3 is 4.74 Å². The first-order valence-electron chi connectivity index (χ1n) is 6.45. The molecular formula is C16H14O3. The highest BCUT2D eigenvalue weighted by molar-refractivity contribution is 6.01. The Balaban J connectivity index is 1.80. The van der Waals surface area contributed by atoms with Gasteiger partial charge in [0.2, 0.25) is 5.78 Å². The maximum atomic E-state index is 12.2. The van der Waals surface area contributed by atoms with E-state index in [4.69, 9.17) is 4.74 Å². The van der Waals surface area contributed by atoms with E-state index in [1.54, 1.807) is 30.3 Å². The Kier molecular flexibility index (Phi) is 3.03. The molecule has 4 rings (SSSR count). The number of carbonyl (C=O) groups is 2. The summed E-state index contributed by atoms with van der Waals surface area (Å²) >= 11 is 0. The van der Waals surface area contributed by atoms with Crippen molar-refractivity contribution in [3.05, 3.63) is 59.9 Å². The van der Waals surface area contributed by atoms with Gasteiger partial charge in [0.05, 0.1) is 5.56 Å². The Labute approximate surface area is 111 Å². The van der Waals surface area contributed by atoms with E-state index in [2.05, 4.69) is 0 Å². The molecule has 0 spiro atoms. The van der Waals surface area contributed by atoms with Crippen molar-refractivity contribution in [1.82, 2.24) is 0 Å². The van der Waals surface area contributed by atoms with Crippen LogP contribution < -0.4 is 0 Å². The number of ether oxygens (including phenoxy) is 1. The predicted molar refractivity (Wildman–Crippen MR) is 70.3 cm³/mol. The number of benzene rings is 1. The summed E-state index contributed by atoms with van der Waals surface area (Å²) in [6.07, 6.45) is 7.50. The summed E-state index contributed by atoms with van der Waals surface area (Å²) in [5, 5.41) is 0. The van der Waals surface area contributed by atoms with Crippen LogP contribution in [0.4, 0.5) is 0 Å². The monoisotopic (exact) mass is 254 g/mol. The molecule has 3 aliphatic rings. The molecule has 19 heavy (non-hydrogen) atoms. The van der Waals surface area contributed by atoms with Gasteiger partial charge in [0.25, 0.3) is 0 Å². The fourth-order valence-corrected chi connectivity index (χ4v) is 2.48. The second-order valence-electron chi connectivity index (χ2n) is 4.88. The van der Waals surface area contributed by atoms with Crippen LogP contribution in [0.25, 0.3) is 0 Å². The summed E-state index contributed by atoms with van der Waals surface area (Å²) in [7, 11) is 0. The summed E-state index contributed by atoms with van der Waals surface area (Å²) in [6.45, 7) is 0. The van der Waals surface area contributed by atoms with Gasteiger partial charge in [-0.25, -0.2) is 4.79 Å². The number of carbonyl (C=O) groups excluding carboxylic acids is 2. The Morgan fingerprint density at radius 2 is 1.89 bits per heavy atom. The largest absolute Gasteiger partial charge is 0.419 e. The standard InChI is InChI=1S/C16H14O3/c17-15-12-8-6-11(7-9-12)10-14(15)19-16(18)13-4-2-1-3-5-13/h1-6,8,10-12H,7,9H2. The molecule has 0 saturated carbocycles. The number of hydrogen-bond acceptors (Lipinski definition) is 3. The van der Waals surface area contributed by atoms with Gasteiger partial charge in [0.15, 0.2) is 5.76 Å². The van der Waals surface area contributed by atoms with Crippen LogP contribution in [-0.4, -0.2) is 11.8 Å². The minimum absolute atomic E-state index is 0.0828. The van der Waals surface area contributed by atoms with Gasteiger partial charge in [-0.3, -0.25) is 4.79 Å². The molecule has 0 heterocycles. The third kappa shape index (κ3) is 2.36. The quantitative estimate of drug-likeness (QED) is 0.602. The van der Waals surface area contributed by atoms with Crippen molar-refractivity contribution in [1.29, 1.82) is 0 Å². The number of Topliss-reactive ketones (excluding diaryl/α,β-unsaturated/α-hetero) is 1. The minimum atomic E-state index is -0.471. The molecule has 0 N–H and O–H groups in total. The highest BCUT2D eigenvalue weighted by Crippen LogP contribution is 2.31. The summed E-state index contributed by atoms with van der Waals surface area (Å²) < 4.78 is 5.28. The third-order valence-corrected chi connectivity index (χ3v) is 3.56. The lowest BCUT2D eigenvalue weighted by atomic mass is 9.90. The van der Waals surface area contributed by atoms with Gasteiger partial charge >= 0.3 is 5.97 Å². The maximum Gasteiger partial charge on any atom is 0.343 e. The lowest BCUT2D eigenvalue weighted by Crippen LogP contribution is -2.18. The first-order chi connectivity index (χ1) is 9.24. The SMILES string of the molecule is O=C(OC1=CC2C=CC(CC2)C1=O)c1ccccc1. The van der Waals surface area contributed by atoms with E-state index in [-0.39, 0.29) is 23.4 Å². The number of ketones is 1. The molecule has 2 unspecified atom stereocenters. The number of esters is 1. The van der Waals surface area contributed by atoms with Crippen LogP contribution in [0, 0.1) is 11.8 Å². The van der Waals surface area contributed by atoms with Crippen molar-refractivity contribution in [3.8, 4) is 0 Å². The van der Waals surface area contributed by atoms with Crippen LogP contribution in [0.2, 0.25) is 0 Å². The third-order valence-electron chi connectivity index (χ3n) is 3.56. The number of allylic oxidation sites excluding steroid dienone is 4. The highest BCUT2D eigenvalue weighted by atomic mass is 16.5. The summed E-state index contributed by atoms with van der Waals surface area (Å²) in [4.78, 5) is 24.1. The van der Waals surface area contributed by atoms with Crippen LogP contribution in [0.1, 0.15) is 23.2 Å². The molecule has 3 aliphatic carbocycles. The number of rotatable bonds is 2. The molecule has 2 atom stereocenters. The zero-order chi connectivity index (χ0) is 13.2. The van der Waals surface area contributed by atoms with Crippen molar-refractivity contribution >= 4 is 11.8 Å². The Morgan fingerprint density at radius 1 is 1.11 bits per heavy atom. The normalized spacial score (nSPS) is 24.8. The predicted octanol–water partition coefficient (Wildman–Crippen LogP) is 2.89. The van der Waals surface area contributed by atoms with Crippen LogP contribution in [0.15, 0.2) is 54.3 Å². The molecule has 1 aromatic carbocycles. The van der Waals surface area contributed by atoms with E-state index in [9.17, 15) is 9.59 Å². The van der Waals surface area contributed by atoms with Gasteiger partial charge in [-0.05, 0) is 37.0 Å². The van der Waals surface area contributed by atoms with Gasteiger partial charge in [-0.15, -0.1) is 0 Å². The van der Waals surface area contributed by atoms with Crippen molar-refractivity contribution in [2.24, 2.45) is 11.8 Å². The zero-order valence-corrected chi connectivity index (χ0v) is 10.4. The van der Waals surface area contributed by atoms with Crippen molar-refractivity contribution in [2.45, 2.75) is 12.8 Å². The molecule has 0 aliphatic heterocycles. The van der Waals surface area contributed by atoms with Crippen LogP contribution >= 0.6 is 0 Å². The Morgan fingerprint density at radius 3 is 2.58 bits per heavy atom.